The van der Waals surface area contributed by atoms with Crippen molar-refractivity contribution >= 4 is 0 Å². The first-order valence-corrected chi connectivity index (χ1v) is 6.36. The maximum Gasteiger partial charge on any atom is -0.0162 e. The average molecular weight is 234 g/mol. The van der Waals surface area contributed by atoms with Crippen molar-refractivity contribution in [2.24, 2.45) is 0 Å². The Morgan fingerprint density at radius 2 is 1.18 bits per heavy atom. The Kier molecular flexibility index (Phi) is 18.2. The van der Waals surface area contributed by atoms with E-state index in [0.29, 0.717) is 0 Å². The van der Waals surface area contributed by atoms with Crippen LogP contribution in [0, 0.1) is 0 Å². The van der Waals surface area contributed by atoms with E-state index < -0.39 is 0 Å². The first-order chi connectivity index (χ1) is 8.08. The van der Waals surface area contributed by atoms with Gasteiger partial charge < -0.3 is 0 Å². The molecule has 0 bridgehead atoms. The van der Waals surface area contributed by atoms with Crippen molar-refractivity contribution in [3.05, 3.63) is 60.3 Å². The van der Waals surface area contributed by atoms with E-state index in [1.54, 1.807) is 0 Å². The second-order valence-corrected chi connectivity index (χ2v) is 2.99. The smallest absolute Gasteiger partial charge is 0.0162 e. The minimum atomic E-state index is 1.02. The van der Waals surface area contributed by atoms with Crippen LogP contribution >= 0.6 is 0 Å². The second kappa shape index (κ2) is 14.7. The van der Waals surface area contributed by atoms with Gasteiger partial charge in [-0.25, -0.2) is 0 Å². The standard InChI is InChI=1S/C13H18.2C2H6/c1-7-11(6)13(9-3)12(8-2)10(4)5;2*1-2/h7-9H,2-4H2,1,5-6H3;2*1-2H3/b11-7-,13-12+;;. The van der Waals surface area contributed by atoms with E-state index in [2.05, 4.69) is 32.7 Å². The molecule has 0 aliphatic carbocycles. The lowest BCUT2D eigenvalue weighted by Gasteiger charge is -2.08. The van der Waals surface area contributed by atoms with Crippen LogP contribution in [0.1, 0.15) is 48.5 Å². The SMILES string of the molecule is C=C/C(C(=C)C)=C(C=C)\C(C)=C/C.CC.CC. The number of allylic oxidation sites excluding steroid dienone is 7. The fraction of sp³-hybridized carbons (Fsp3) is 0.412. The fourth-order valence-corrected chi connectivity index (χ4v) is 1.15. The van der Waals surface area contributed by atoms with E-state index in [1.807, 2.05) is 53.7 Å². The van der Waals surface area contributed by atoms with Gasteiger partial charge in [0.05, 0.1) is 0 Å². The Morgan fingerprint density at radius 1 is 0.824 bits per heavy atom. The number of hydrogen-bond donors (Lipinski definition) is 0. The van der Waals surface area contributed by atoms with Crippen LogP contribution < -0.4 is 0 Å². The van der Waals surface area contributed by atoms with Crippen LogP contribution in [-0.4, -0.2) is 0 Å². The molecule has 0 aromatic carbocycles. The molecule has 0 radical (unpaired) electrons. The van der Waals surface area contributed by atoms with E-state index in [9.17, 15) is 0 Å². The van der Waals surface area contributed by atoms with Gasteiger partial charge >= 0.3 is 0 Å². The monoisotopic (exact) mass is 234 g/mol. The molecular formula is C17H30. The summed E-state index contributed by atoms with van der Waals surface area (Å²) in [5.41, 5.74) is 4.41. The highest BCUT2D eigenvalue weighted by Gasteiger charge is 2.02. The molecule has 0 N–H and O–H groups in total. The third kappa shape index (κ3) is 8.50. The lowest BCUT2D eigenvalue weighted by molar-refractivity contribution is 1.33. The molecule has 0 aromatic rings. The van der Waals surface area contributed by atoms with Crippen molar-refractivity contribution in [1.82, 2.24) is 0 Å². The van der Waals surface area contributed by atoms with Crippen LogP contribution in [-0.2, 0) is 0 Å². The van der Waals surface area contributed by atoms with Crippen molar-refractivity contribution < 1.29 is 0 Å². The summed E-state index contributed by atoms with van der Waals surface area (Å²) in [7, 11) is 0. The molecule has 0 spiro atoms. The first-order valence-electron chi connectivity index (χ1n) is 6.36. The molecule has 0 aliphatic rings. The molecule has 17 heavy (non-hydrogen) atoms. The van der Waals surface area contributed by atoms with Gasteiger partial charge in [0.15, 0.2) is 0 Å². The Bertz CT molecular complexity index is 285. The van der Waals surface area contributed by atoms with Crippen molar-refractivity contribution in [3.8, 4) is 0 Å². The van der Waals surface area contributed by atoms with E-state index in [4.69, 9.17) is 0 Å². The molecule has 0 saturated heterocycles. The van der Waals surface area contributed by atoms with Gasteiger partial charge in [-0.2, -0.15) is 0 Å². The van der Waals surface area contributed by atoms with Crippen molar-refractivity contribution in [1.29, 1.82) is 0 Å². The summed E-state index contributed by atoms with van der Waals surface area (Å²) >= 11 is 0. The minimum absolute atomic E-state index is 1.02. The zero-order valence-electron chi connectivity index (χ0n) is 12.9. The quantitative estimate of drug-likeness (QED) is 0.504. The lowest BCUT2D eigenvalue weighted by Crippen LogP contribution is -1.89. The van der Waals surface area contributed by atoms with E-state index in [-0.39, 0.29) is 0 Å². The van der Waals surface area contributed by atoms with Crippen LogP contribution in [0.15, 0.2) is 60.3 Å². The third-order valence-corrected chi connectivity index (χ3v) is 2.02. The van der Waals surface area contributed by atoms with Crippen LogP contribution in [0.5, 0.6) is 0 Å². The molecule has 0 aliphatic heterocycles. The van der Waals surface area contributed by atoms with Gasteiger partial charge in [0.2, 0.25) is 0 Å². The number of hydrogen-bond acceptors (Lipinski definition) is 0. The van der Waals surface area contributed by atoms with Crippen LogP contribution in [0.2, 0.25) is 0 Å². The maximum atomic E-state index is 3.91. The van der Waals surface area contributed by atoms with Crippen LogP contribution in [0.4, 0.5) is 0 Å². The van der Waals surface area contributed by atoms with Gasteiger partial charge in [-0.1, -0.05) is 71.2 Å². The number of rotatable bonds is 4. The Labute approximate surface area is 109 Å². The topological polar surface area (TPSA) is 0 Å². The van der Waals surface area contributed by atoms with Crippen molar-refractivity contribution in [3.63, 3.8) is 0 Å². The molecule has 0 amide bonds. The Morgan fingerprint density at radius 3 is 1.35 bits per heavy atom. The Balaban J connectivity index is -0.000000439. The minimum Gasteiger partial charge on any atom is -0.0984 e. The zero-order valence-corrected chi connectivity index (χ0v) is 12.9. The maximum absolute atomic E-state index is 3.91. The summed E-state index contributed by atoms with van der Waals surface area (Å²) in [6.45, 7) is 25.5. The molecule has 0 rings (SSSR count). The molecular weight excluding hydrogens is 204 g/mol. The normalized spacial score (nSPS) is 10.9. The van der Waals surface area contributed by atoms with Crippen molar-refractivity contribution in [2.45, 2.75) is 48.5 Å². The van der Waals surface area contributed by atoms with Gasteiger partial charge in [0.1, 0.15) is 0 Å². The molecule has 0 saturated carbocycles. The highest BCUT2D eigenvalue weighted by Crippen LogP contribution is 2.21. The van der Waals surface area contributed by atoms with Crippen molar-refractivity contribution in [2.75, 3.05) is 0 Å². The molecule has 0 unspecified atom stereocenters. The molecule has 0 heteroatoms. The largest absolute Gasteiger partial charge is 0.0984 e. The molecule has 0 nitrogen and oxygen atoms in total. The van der Waals surface area contributed by atoms with Gasteiger partial charge in [0.25, 0.3) is 0 Å². The van der Waals surface area contributed by atoms with Gasteiger partial charge in [-0.05, 0) is 37.5 Å². The van der Waals surface area contributed by atoms with Crippen LogP contribution in [0.3, 0.4) is 0 Å². The lowest BCUT2D eigenvalue weighted by atomic mass is 9.97. The molecule has 0 heterocycles. The Hall–Kier alpha value is -1.30. The predicted molar refractivity (Wildman–Crippen MR) is 84.4 cm³/mol. The summed E-state index contributed by atoms with van der Waals surface area (Å²) in [6, 6.07) is 0. The van der Waals surface area contributed by atoms with Crippen LogP contribution in [0.25, 0.3) is 0 Å². The van der Waals surface area contributed by atoms with Gasteiger partial charge in [-0.15, -0.1) is 0 Å². The third-order valence-electron chi connectivity index (χ3n) is 2.02. The summed E-state index contributed by atoms with van der Waals surface area (Å²) in [6.07, 6.45) is 5.73. The summed E-state index contributed by atoms with van der Waals surface area (Å²) in [5, 5.41) is 0. The van der Waals surface area contributed by atoms with E-state index in [0.717, 1.165) is 16.7 Å². The molecule has 0 aromatic heterocycles. The molecule has 0 atom stereocenters. The van der Waals surface area contributed by atoms with E-state index >= 15 is 0 Å². The molecule has 0 fully saturated rings. The summed E-state index contributed by atoms with van der Waals surface area (Å²) in [5.74, 6) is 0. The molecule has 98 valence electrons. The van der Waals surface area contributed by atoms with E-state index in [1.165, 1.54) is 5.57 Å². The zero-order chi connectivity index (χ0) is 14.4. The van der Waals surface area contributed by atoms with Gasteiger partial charge in [0, 0.05) is 0 Å². The highest BCUT2D eigenvalue weighted by molar-refractivity contribution is 5.52. The fourth-order valence-electron chi connectivity index (χ4n) is 1.15. The first kappa shape index (κ1) is 21.0. The predicted octanol–water partition coefficient (Wildman–Crippen LogP) is 6.25. The average Bonchev–Trinajstić information content (AvgIpc) is 2.39. The highest BCUT2D eigenvalue weighted by atomic mass is 14.1. The second-order valence-electron chi connectivity index (χ2n) is 2.99. The van der Waals surface area contributed by atoms with Gasteiger partial charge in [-0.3, -0.25) is 0 Å². The summed E-state index contributed by atoms with van der Waals surface area (Å²) < 4.78 is 0. The summed E-state index contributed by atoms with van der Waals surface area (Å²) in [4.78, 5) is 0.